The van der Waals surface area contributed by atoms with Crippen molar-refractivity contribution in [1.29, 1.82) is 5.26 Å². The largest absolute Gasteiger partial charge is 0.408 e. The van der Waals surface area contributed by atoms with Gasteiger partial charge in [-0.1, -0.05) is 56.3 Å². The Balaban J connectivity index is 1.92. The summed E-state index contributed by atoms with van der Waals surface area (Å²) in [6.45, 7) is 2.57. The minimum absolute atomic E-state index is 0.186. The molecule has 0 saturated heterocycles. The van der Waals surface area contributed by atoms with Gasteiger partial charge in [-0.05, 0) is 35.1 Å². The predicted molar refractivity (Wildman–Crippen MR) is 109 cm³/mol. The first-order chi connectivity index (χ1) is 14.2. The van der Waals surface area contributed by atoms with Crippen LogP contribution in [0.25, 0.3) is 11.1 Å². The fourth-order valence-electron chi connectivity index (χ4n) is 3.46. The van der Waals surface area contributed by atoms with Gasteiger partial charge in [-0.15, -0.1) is 0 Å². The number of halogens is 3. The van der Waals surface area contributed by atoms with E-state index < -0.39 is 18.3 Å². The average Bonchev–Trinajstić information content (AvgIpc) is 2.95. The third kappa shape index (κ3) is 5.01. The molecule has 0 aliphatic heterocycles. The molecule has 0 bridgehead atoms. The van der Waals surface area contributed by atoms with Crippen LogP contribution in [0.2, 0.25) is 0 Å². The lowest BCUT2D eigenvalue weighted by Crippen LogP contribution is -2.27. The Kier molecular flexibility index (Phi) is 6.16. The van der Waals surface area contributed by atoms with Crippen LogP contribution in [0.1, 0.15) is 36.2 Å². The second kappa shape index (κ2) is 8.62. The van der Waals surface area contributed by atoms with Crippen LogP contribution in [-0.4, -0.2) is 16.0 Å². The Bertz CT molecular complexity index is 1120. The van der Waals surface area contributed by atoms with Gasteiger partial charge in [-0.25, -0.2) is 4.68 Å². The molecule has 7 heteroatoms. The van der Waals surface area contributed by atoms with Gasteiger partial charge in [0, 0.05) is 17.7 Å². The number of aromatic amines is 1. The number of rotatable bonds is 6. The van der Waals surface area contributed by atoms with Crippen molar-refractivity contribution in [2.45, 2.75) is 39.4 Å². The number of nitrogens with zero attached hydrogens (tertiary/aromatic N) is 2. The van der Waals surface area contributed by atoms with Gasteiger partial charge in [-0.2, -0.15) is 18.4 Å². The predicted octanol–water partition coefficient (Wildman–Crippen LogP) is 5.07. The zero-order valence-corrected chi connectivity index (χ0v) is 16.8. The number of hydrogen-bond acceptors (Lipinski definition) is 2. The van der Waals surface area contributed by atoms with E-state index in [1.807, 2.05) is 50.2 Å². The topological polar surface area (TPSA) is 61.6 Å². The van der Waals surface area contributed by atoms with Gasteiger partial charge in [0.05, 0.1) is 11.6 Å². The van der Waals surface area contributed by atoms with Crippen molar-refractivity contribution in [1.82, 2.24) is 9.78 Å². The van der Waals surface area contributed by atoms with Gasteiger partial charge in [0.25, 0.3) is 5.56 Å². The van der Waals surface area contributed by atoms with E-state index in [1.54, 1.807) is 12.1 Å². The lowest BCUT2D eigenvalue weighted by atomic mass is 9.96. The van der Waals surface area contributed by atoms with Crippen molar-refractivity contribution in [3.05, 3.63) is 81.3 Å². The smallest absolute Gasteiger partial charge is 0.299 e. The molecule has 0 radical (unpaired) electrons. The summed E-state index contributed by atoms with van der Waals surface area (Å²) in [6.07, 6.45) is -3.75. The van der Waals surface area contributed by atoms with Crippen LogP contribution in [0.15, 0.2) is 53.3 Å². The molecule has 0 amide bonds. The van der Waals surface area contributed by atoms with E-state index >= 15 is 0 Å². The zero-order chi connectivity index (χ0) is 21.9. The van der Waals surface area contributed by atoms with Gasteiger partial charge < -0.3 is 0 Å². The molecule has 0 saturated carbocycles. The van der Waals surface area contributed by atoms with E-state index in [0.29, 0.717) is 27.9 Å². The third-order valence-corrected chi connectivity index (χ3v) is 4.78. The highest BCUT2D eigenvalue weighted by Gasteiger charge is 2.30. The summed E-state index contributed by atoms with van der Waals surface area (Å²) in [5.41, 5.74) is 3.31. The number of benzene rings is 2. The van der Waals surface area contributed by atoms with Crippen LogP contribution in [0.3, 0.4) is 0 Å². The molecule has 0 aliphatic rings. The van der Waals surface area contributed by atoms with Crippen molar-refractivity contribution in [3.63, 3.8) is 0 Å². The van der Waals surface area contributed by atoms with Gasteiger partial charge in [0.1, 0.15) is 6.54 Å². The molecular weight excluding hydrogens is 391 g/mol. The van der Waals surface area contributed by atoms with Crippen LogP contribution in [-0.2, 0) is 19.4 Å². The molecule has 0 spiro atoms. The molecule has 30 heavy (non-hydrogen) atoms. The first-order valence-electron chi connectivity index (χ1n) is 9.63. The lowest BCUT2D eigenvalue weighted by molar-refractivity contribution is -0.143. The molecular formula is C23H22F3N3O. The van der Waals surface area contributed by atoms with Gasteiger partial charge in [0.2, 0.25) is 0 Å². The molecule has 156 valence electrons. The van der Waals surface area contributed by atoms with E-state index in [-0.39, 0.29) is 12.3 Å². The van der Waals surface area contributed by atoms with E-state index in [0.717, 1.165) is 16.7 Å². The number of alkyl halides is 3. The molecule has 0 atom stereocenters. The first-order valence-corrected chi connectivity index (χ1v) is 9.63. The van der Waals surface area contributed by atoms with E-state index in [4.69, 9.17) is 0 Å². The molecule has 0 fully saturated rings. The number of aromatic nitrogens is 2. The number of nitriles is 1. The van der Waals surface area contributed by atoms with E-state index in [9.17, 15) is 23.2 Å². The van der Waals surface area contributed by atoms with Crippen molar-refractivity contribution in [2.75, 3.05) is 0 Å². The van der Waals surface area contributed by atoms with E-state index in [1.165, 1.54) is 0 Å². The highest BCUT2D eigenvalue weighted by atomic mass is 19.4. The third-order valence-electron chi connectivity index (χ3n) is 4.78. The Labute approximate surface area is 172 Å². The fourth-order valence-corrected chi connectivity index (χ4v) is 3.46. The minimum atomic E-state index is -4.48. The quantitative estimate of drug-likeness (QED) is 0.614. The standard InChI is InChI=1S/C23H22F3N3O/c1-15(2)11-21-20(22(30)29(28-21)14-23(24,25)26)12-16-7-9-17(10-8-16)19-6-4-3-5-18(19)13-27/h3-10,15,28H,11-12,14H2,1-2H3. The van der Waals surface area contributed by atoms with Gasteiger partial charge >= 0.3 is 6.18 Å². The van der Waals surface area contributed by atoms with Crippen molar-refractivity contribution in [2.24, 2.45) is 5.92 Å². The first kappa shape index (κ1) is 21.4. The summed E-state index contributed by atoms with van der Waals surface area (Å²) in [4.78, 5) is 12.6. The summed E-state index contributed by atoms with van der Waals surface area (Å²) in [5.74, 6) is 0.186. The fraction of sp³-hybridized carbons (Fsp3) is 0.304. The summed E-state index contributed by atoms with van der Waals surface area (Å²) in [6, 6.07) is 16.8. The number of nitrogens with one attached hydrogen (secondary N) is 1. The molecule has 1 N–H and O–H groups in total. The summed E-state index contributed by atoms with van der Waals surface area (Å²) >= 11 is 0. The second-order valence-corrected chi connectivity index (χ2v) is 7.70. The van der Waals surface area contributed by atoms with E-state index in [2.05, 4.69) is 11.2 Å². The van der Waals surface area contributed by atoms with Gasteiger partial charge in [-0.3, -0.25) is 9.89 Å². The highest BCUT2D eigenvalue weighted by Crippen LogP contribution is 2.24. The maximum atomic E-state index is 12.8. The lowest BCUT2D eigenvalue weighted by Gasteiger charge is -2.08. The number of hydrogen-bond donors (Lipinski definition) is 1. The maximum Gasteiger partial charge on any atom is 0.408 e. The molecule has 2 aromatic carbocycles. The normalized spacial score (nSPS) is 11.6. The summed E-state index contributed by atoms with van der Waals surface area (Å²) in [5, 5.41) is 11.9. The monoisotopic (exact) mass is 413 g/mol. The Morgan fingerprint density at radius 1 is 1.10 bits per heavy atom. The SMILES string of the molecule is CC(C)Cc1[nH]n(CC(F)(F)F)c(=O)c1Cc1ccc(-c2ccccc2C#N)cc1. The molecule has 0 unspecified atom stereocenters. The molecule has 4 nitrogen and oxygen atoms in total. The van der Waals surface area contributed by atoms with Crippen LogP contribution < -0.4 is 5.56 Å². The van der Waals surface area contributed by atoms with Crippen molar-refractivity contribution >= 4 is 0 Å². The molecule has 1 heterocycles. The van der Waals surface area contributed by atoms with Crippen molar-refractivity contribution < 1.29 is 13.2 Å². The molecule has 3 aromatic rings. The summed E-state index contributed by atoms with van der Waals surface area (Å²) in [7, 11) is 0. The van der Waals surface area contributed by atoms with Gasteiger partial charge in [0.15, 0.2) is 0 Å². The van der Waals surface area contributed by atoms with Crippen LogP contribution in [0.5, 0.6) is 0 Å². The molecule has 0 aliphatic carbocycles. The van der Waals surface area contributed by atoms with Crippen LogP contribution >= 0.6 is 0 Å². The minimum Gasteiger partial charge on any atom is -0.299 e. The molecule has 3 rings (SSSR count). The van der Waals surface area contributed by atoms with Crippen molar-refractivity contribution in [3.8, 4) is 17.2 Å². The maximum absolute atomic E-state index is 12.8. The highest BCUT2D eigenvalue weighted by molar-refractivity contribution is 5.70. The number of H-pyrrole nitrogens is 1. The second-order valence-electron chi connectivity index (χ2n) is 7.70. The Hall–Kier alpha value is -3.27. The molecule has 1 aromatic heterocycles. The average molecular weight is 413 g/mol. The Morgan fingerprint density at radius 2 is 1.77 bits per heavy atom. The summed E-state index contributed by atoms with van der Waals surface area (Å²) < 4.78 is 39.1. The Morgan fingerprint density at radius 3 is 2.37 bits per heavy atom. The zero-order valence-electron chi connectivity index (χ0n) is 16.8. The van der Waals surface area contributed by atoms with Crippen LogP contribution in [0.4, 0.5) is 13.2 Å². The van der Waals surface area contributed by atoms with Crippen LogP contribution in [0, 0.1) is 17.2 Å².